The number of hydrogen-bond donors (Lipinski definition) is 0. The minimum absolute atomic E-state index is 0.0645. The van der Waals surface area contributed by atoms with Crippen molar-refractivity contribution in [2.45, 2.75) is 56.8 Å². The van der Waals surface area contributed by atoms with E-state index in [1.807, 2.05) is 29.9 Å². The topological polar surface area (TPSA) is 69.0 Å². The molecule has 1 atom stereocenters. The Kier molecular flexibility index (Phi) is 4.83. The van der Waals surface area contributed by atoms with Crippen molar-refractivity contribution in [2.24, 2.45) is 5.92 Å². The molecule has 0 spiro atoms. The van der Waals surface area contributed by atoms with E-state index in [-0.39, 0.29) is 24.9 Å². The highest BCUT2D eigenvalue weighted by atomic mass is 19.4. The molecule has 0 radical (unpaired) electrons. The number of halogens is 3. The molecule has 0 unspecified atom stereocenters. The van der Waals surface area contributed by atoms with Crippen LogP contribution in [0.25, 0.3) is 11.0 Å². The molecule has 2 saturated carbocycles. The molecule has 3 aromatic rings. The number of ether oxygens (including phenoxy) is 1. The summed E-state index contributed by atoms with van der Waals surface area (Å²) < 4.78 is 47.3. The largest absolute Gasteiger partial charge is 0.391 e. The molecule has 0 N–H and O–H groups in total. The number of rotatable bonds is 4. The van der Waals surface area contributed by atoms with Crippen LogP contribution in [0.3, 0.4) is 0 Å². The molecular weight excluding hydrogens is 433 g/mol. The van der Waals surface area contributed by atoms with E-state index in [9.17, 15) is 13.2 Å². The monoisotopic (exact) mass is 458 g/mol. The van der Waals surface area contributed by atoms with Crippen LogP contribution in [0, 0.1) is 12.8 Å². The fourth-order valence-corrected chi connectivity index (χ4v) is 4.77. The second-order valence-corrected chi connectivity index (χ2v) is 9.43. The van der Waals surface area contributed by atoms with E-state index in [1.165, 1.54) is 0 Å². The Morgan fingerprint density at radius 2 is 1.91 bits per heavy atom. The molecule has 10 heteroatoms. The highest BCUT2D eigenvalue weighted by Crippen LogP contribution is 2.50. The number of fused-ring (bicyclic) bond motifs is 1. The second-order valence-electron chi connectivity index (χ2n) is 9.43. The van der Waals surface area contributed by atoms with Crippen LogP contribution in [-0.2, 0) is 4.74 Å². The number of morpholine rings is 1. The van der Waals surface area contributed by atoms with E-state index < -0.39 is 12.1 Å². The van der Waals surface area contributed by atoms with Crippen molar-refractivity contribution in [1.82, 2.24) is 24.7 Å². The average Bonchev–Trinajstić information content (AvgIpc) is 3.48. The van der Waals surface area contributed by atoms with E-state index in [2.05, 4.69) is 21.2 Å². The van der Waals surface area contributed by atoms with Gasteiger partial charge in [-0.3, -0.25) is 4.68 Å². The van der Waals surface area contributed by atoms with Gasteiger partial charge in [-0.2, -0.15) is 23.3 Å². The second kappa shape index (κ2) is 7.65. The molecule has 0 bridgehead atoms. The lowest BCUT2D eigenvalue weighted by Gasteiger charge is -2.37. The van der Waals surface area contributed by atoms with Crippen LogP contribution in [0.5, 0.6) is 0 Å². The summed E-state index contributed by atoms with van der Waals surface area (Å²) in [5.74, 6) is -0.988. The minimum atomic E-state index is -4.15. The highest BCUT2D eigenvalue weighted by molar-refractivity contribution is 5.79. The fourth-order valence-electron chi connectivity index (χ4n) is 4.77. The van der Waals surface area contributed by atoms with E-state index in [0.717, 1.165) is 29.5 Å². The van der Waals surface area contributed by atoms with Crippen molar-refractivity contribution in [3.63, 3.8) is 0 Å². The maximum Gasteiger partial charge on any atom is 0.391 e. The van der Waals surface area contributed by atoms with E-state index >= 15 is 0 Å². The van der Waals surface area contributed by atoms with Gasteiger partial charge < -0.3 is 9.64 Å². The first-order valence-corrected chi connectivity index (χ1v) is 11.5. The third kappa shape index (κ3) is 3.94. The van der Waals surface area contributed by atoms with Gasteiger partial charge >= 0.3 is 6.18 Å². The minimum Gasteiger partial charge on any atom is -0.370 e. The number of alkyl halides is 3. The quantitative estimate of drug-likeness (QED) is 0.574. The molecule has 3 fully saturated rings. The molecule has 0 aromatic carbocycles. The summed E-state index contributed by atoms with van der Waals surface area (Å²) in [7, 11) is 0. The van der Waals surface area contributed by atoms with Crippen molar-refractivity contribution in [3.05, 3.63) is 41.5 Å². The third-order valence-corrected chi connectivity index (χ3v) is 6.97. The summed E-state index contributed by atoms with van der Waals surface area (Å²) in [6, 6.07) is 4.24. The molecule has 7 nitrogen and oxygen atoms in total. The Labute approximate surface area is 189 Å². The number of aryl methyl sites for hydroxylation is 1. The van der Waals surface area contributed by atoms with Crippen molar-refractivity contribution in [2.75, 3.05) is 24.6 Å². The lowest BCUT2D eigenvalue weighted by molar-refractivity contribution is -0.197. The normalized spacial score (nSPS) is 25.9. The van der Waals surface area contributed by atoms with Crippen LogP contribution in [0.15, 0.2) is 24.5 Å². The molecule has 2 aliphatic carbocycles. The SMILES string of the molecule is Cc1ccc2c(n1)nc(N1CCO[C@H](c3cnn(C4CC4)c3)C1)nc2[C@H]1C[C@@H](C(F)(F)F)C1. The van der Waals surface area contributed by atoms with Gasteiger partial charge in [0.25, 0.3) is 0 Å². The van der Waals surface area contributed by atoms with Gasteiger partial charge in [0.15, 0.2) is 5.65 Å². The summed E-state index contributed by atoms with van der Waals surface area (Å²) >= 11 is 0. The summed E-state index contributed by atoms with van der Waals surface area (Å²) in [6.45, 7) is 3.56. The average molecular weight is 458 g/mol. The van der Waals surface area contributed by atoms with Gasteiger partial charge in [0.05, 0.1) is 37.0 Å². The first kappa shape index (κ1) is 20.8. The number of anilines is 1. The Hall–Kier alpha value is -2.75. The number of pyridine rings is 1. The van der Waals surface area contributed by atoms with Gasteiger partial charge in [-0.1, -0.05) is 0 Å². The molecule has 1 saturated heterocycles. The summed E-state index contributed by atoms with van der Waals surface area (Å²) in [5.41, 5.74) is 3.04. The number of aromatic nitrogens is 5. The Morgan fingerprint density at radius 3 is 2.67 bits per heavy atom. The fraction of sp³-hybridized carbons (Fsp3) is 0.565. The number of hydrogen-bond acceptors (Lipinski definition) is 6. The molecular formula is C23H25F3N6O. The zero-order valence-corrected chi connectivity index (χ0v) is 18.3. The molecule has 1 aliphatic heterocycles. The lowest BCUT2D eigenvalue weighted by Crippen LogP contribution is -2.40. The van der Waals surface area contributed by atoms with E-state index in [1.54, 1.807) is 0 Å². The first-order valence-electron chi connectivity index (χ1n) is 11.5. The van der Waals surface area contributed by atoms with Crippen LogP contribution in [0.2, 0.25) is 0 Å². The van der Waals surface area contributed by atoms with E-state index in [4.69, 9.17) is 14.7 Å². The molecule has 0 amide bonds. The van der Waals surface area contributed by atoms with E-state index in [0.29, 0.717) is 43.0 Å². The van der Waals surface area contributed by atoms with Crippen molar-refractivity contribution in [3.8, 4) is 0 Å². The summed E-state index contributed by atoms with van der Waals surface area (Å²) in [5, 5.41) is 5.21. The van der Waals surface area contributed by atoms with Crippen molar-refractivity contribution >= 4 is 17.0 Å². The maximum absolute atomic E-state index is 13.1. The summed E-state index contributed by atoms with van der Waals surface area (Å²) in [4.78, 5) is 16.1. The molecule has 6 rings (SSSR count). The van der Waals surface area contributed by atoms with Crippen LogP contribution in [-0.4, -0.2) is 50.6 Å². The predicted molar refractivity (Wildman–Crippen MR) is 115 cm³/mol. The van der Waals surface area contributed by atoms with Crippen LogP contribution in [0.1, 0.15) is 60.7 Å². The van der Waals surface area contributed by atoms with Crippen LogP contribution in [0.4, 0.5) is 19.1 Å². The van der Waals surface area contributed by atoms with Gasteiger partial charge in [-0.15, -0.1) is 0 Å². The molecule has 174 valence electrons. The Bertz CT molecular complexity index is 1180. The third-order valence-electron chi connectivity index (χ3n) is 6.97. The van der Waals surface area contributed by atoms with Crippen LogP contribution < -0.4 is 4.90 Å². The zero-order valence-electron chi connectivity index (χ0n) is 18.3. The number of nitrogens with zero attached hydrogens (tertiary/aromatic N) is 6. The smallest absolute Gasteiger partial charge is 0.370 e. The van der Waals surface area contributed by atoms with Crippen molar-refractivity contribution < 1.29 is 17.9 Å². The molecule has 33 heavy (non-hydrogen) atoms. The summed E-state index contributed by atoms with van der Waals surface area (Å²) in [6.07, 6.45) is 2.05. The van der Waals surface area contributed by atoms with Gasteiger partial charge in [-0.05, 0) is 44.7 Å². The van der Waals surface area contributed by atoms with Crippen molar-refractivity contribution in [1.29, 1.82) is 0 Å². The molecule has 3 aliphatic rings. The Morgan fingerprint density at radius 1 is 1.09 bits per heavy atom. The first-order chi connectivity index (χ1) is 15.8. The lowest BCUT2D eigenvalue weighted by atomic mass is 9.72. The zero-order chi connectivity index (χ0) is 22.7. The van der Waals surface area contributed by atoms with Gasteiger partial charge in [-0.25, -0.2) is 9.97 Å². The standard InChI is InChI=1S/C23H25F3N6O/c1-13-2-5-18-20(14-8-16(9-14)23(24,25)26)29-22(30-21(18)28-13)31-6-7-33-19(12-31)15-10-27-32(11-15)17-3-4-17/h2,5,10-11,14,16-17,19H,3-4,6-9,12H2,1H3/t14-,16+,19-/m0/s1. The highest BCUT2D eigenvalue weighted by Gasteiger charge is 2.49. The Balaban J connectivity index is 1.30. The predicted octanol–water partition coefficient (Wildman–Crippen LogP) is 4.50. The van der Waals surface area contributed by atoms with Gasteiger partial charge in [0, 0.05) is 35.3 Å². The molecule has 4 heterocycles. The van der Waals surface area contributed by atoms with Crippen LogP contribution >= 0.6 is 0 Å². The van der Waals surface area contributed by atoms with Gasteiger partial charge in [0.1, 0.15) is 6.10 Å². The molecule has 3 aromatic heterocycles. The van der Waals surface area contributed by atoms with Gasteiger partial charge in [0.2, 0.25) is 5.95 Å². The maximum atomic E-state index is 13.1.